The van der Waals surface area contributed by atoms with Crippen molar-refractivity contribution in [3.8, 4) is 11.4 Å². The van der Waals surface area contributed by atoms with E-state index in [-0.39, 0.29) is 0 Å². The molecule has 0 saturated carbocycles. The fourth-order valence-corrected chi connectivity index (χ4v) is 2.71. The Morgan fingerprint density at radius 3 is 3.00 bits per heavy atom. The van der Waals surface area contributed by atoms with Crippen LogP contribution in [0.4, 0.5) is 0 Å². The van der Waals surface area contributed by atoms with Crippen molar-refractivity contribution in [2.75, 3.05) is 6.61 Å². The number of hydrogen-bond donors (Lipinski definition) is 0. The second kappa shape index (κ2) is 4.58. The summed E-state index contributed by atoms with van der Waals surface area (Å²) in [4.78, 5) is 9.02. The molecule has 0 fully saturated rings. The molecule has 0 radical (unpaired) electrons. The molecular weight excluding hydrogens is 276 g/mol. The molecule has 0 spiro atoms. The van der Waals surface area contributed by atoms with E-state index < -0.39 is 0 Å². The van der Waals surface area contributed by atoms with E-state index in [2.05, 4.69) is 9.97 Å². The highest BCUT2D eigenvalue weighted by Crippen LogP contribution is 2.31. The molecule has 0 N–H and O–H groups in total. The molecule has 0 aliphatic carbocycles. The standard InChI is InChI=1S/C15H11ClN2O2/c16-14-11-7-19-6-5-12(11)17-15(18-14)10-8-20-13-4-2-1-3-9(10)13/h1-4,8H,5-7H2. The quantitative estimate of drug-likeness (QED) is 0.641. The lowest BCUT2D eigenvalue weighted by Gasteiger charge is -2.16. The van der Waals surface area contributed by atoms with Gasteiger partial charge in [0.15, 0.2) is 5.82 Å². The van der Waals surface area contributed by atoms with Crippen LogP contribution in [0.3, 0.4) is 0 Å². The highest BCUT2D eigenvalue weighted by molar-refractivity contribution is 6.30. The van der Waals surface area contributed by atoms with Crippen molar-refractivity contribution in [3.63, 3.8) is 0 Å². The second-order valence-corrected chi connectivity index (χ2v) is 5.07. The van der Waals surface area contributed by atoms with Crippen molar-refractivity contribution < 1.29 is 9.15 Å². The van der Waals surface area contributed by atoms with Gasteiger partial charge < -0.3 is 9.15 Å². The molecule has 1 aliphatic heterocycles. The summed E-state index contributed by atoms with van der Waals surface area (Å²) in [6, 6.07) is 7.82. The van der Waals surface area contributed by atoms with Gasteiger partial charge in [0.1, 0.15) is 17.0 Å². The van der Waals surface area contributed by atoms with E-state index in [1.807, 2.05) is 24.3 Å². The van der Waals surface area contributed by atoms with Crippen molar-refractivity contribution in [1.82, 2.24) is 9.97 Å². The summed E-state index contributed by atoms with van der Waals surface area (Å²) in [6.07, 6.45) is 2.45. The number of benzene rings is 1. The zero-order chi connectivity index (χ0) is 13.5. The first-order valence-corrected chi connectivity index (χ1v) is 6.80. The maximum absolute atomic E-state index is 6.25. The molecule has 2 aromatic heterocycles. The Morgan fingerprint density at radius 2 is 2.05 bits per heavy atom. The first-order chi connectivity index (χ1) is 9.83. The Labute approximate surface area is 120 Å². The van der Waals surface area contributed by atoms with Gasteiger partial charge in [-0.15, -0.1) is 0 Å². The Bertz CT molecular complexity index is 798. The van der Waals surface area contributed by atoms with Crippen LogP contribution in [0, 0.1) is 0 Å². The van der Waals surface area contributed by atoms with Gasteiger partial charge in [-0.1, -0.05) is 29.8 Å². The van der Waals surface area contributed by atoms with Crippen LogP contribution in [0.2, 0.25) is 5.15 Å². The zero-order valence-corrected chi connectivity index (χ0v) is 11.4. The van der Waals surface area contributed by atoms with E-state index in [1.165, 1.54) is 0 Å². The minimum absolute atomic E-state index is 0.468. The number of ether oxygens (including phenoxy) is 1. The number of furan rings is 1. The highest BCUT2D eigenvalue weighted by atomic mass is 35.5. The fraction of sp³-hybridized carbons (Fsp3) is 0.200. The SMILES string of the molecule is Clc1nc(-c2coc3ccccc23)nc2c1COCC2. The van der Waals surface area contributed by atoms with Crippen LogP contribution < -0.4 is 0 Å². The van der Waals surface area contributed by atoms with Crippen molar-refractivity contribution in [2.24, 2.45) is 0 Å². The molecule has 0 amide bonds. The second-order valence-electron chi connectivity index (χ2n) is 4.71. The number of hydrogen-bond acceptors (Lipinski definition) is 4. The van der Waals surface area contributed by atoms with Crippen LogP contribution in [-0.2, 0) is 17.8 Å². The number of nitrogens with zero attached hydrogens (tertiary/aromatic N) is 2. The van der Waals surface area contributed by atoms with Gasteiger partial charge in [0, 0.05) is 17.4 Å². The van der Waals surface area contributed by atoms with Gasteiger partial charge in [-0.2, -0.15) is 0 Å². The minimum atomic E-state index is 0.468. The number of halogens is 1. The van der Waals surface area contributed by atoms with Crippen molar-refractivity contribution in [1.29, 1.82) is 0 Å². The van der Waals surface area contributed by atoms with Crippen molar-refractivity contribution >= 4 is 22.6 Å². The topological polar surface area (TPSA) is 48.2 Å². The number of aromatic nitrogens is 2. The van der Waals surface area contributed by atoms with E-state index >= 15 is 0 Å². The summed E-state index contributed by atoms with van der Waals surface area (Å²) >= 11 is 6.25. The van der Waals surface area contributed by atoms with E-state index in [0.717, 1.165) is 34.2 Å². The molecule has 5 heteroatoms. The summed E-state index contributed by atoms with van der Waals surface area (Å²) in [6.45, 7) is 1.16. The lowest BCUT2D eigenvalue weighted by molar-refractivity contribution is 0.109. The van der Waals surface area contributed by atoms with Crippen LogP contribution in [0.1, 0.15) is 11.3 Å². The fourth-order valence-electron chi connectivity index (χ4n) is 2.46. The van der Waals surface area contributed by atoms with Crippen molar-refractivity contribution in [2.45, 2.75) is 13.0 Å². The molecule has 3 heterocycles. The van der Waals surface area contributed by atoms with E-state index in [0.29, 0.717) is 24.2 Å². The van der Waals surface area contributed by atoms with Gasteiger partial charge in [0.05, 0.1) is 24.5 Å². The van der Waals surface area contributed by atoms with Crippen LogP contribution in [0.5, 0.6) is 0 Å². The normalized spacial score (nSPS) is 14.4. The van der Waals surface area contributed by atoms with Crippen LogP contribution >= 0.6 is 11.6 Å². The summed E-state index contributed by atoms with van der Waals surface area (Å²) < 4.78 is 10.9. The van der Waals surface area contributed by atoms with Gasteiger partial charge in [-0.05, 0) is 6.07 Å². The average molecular weight is 287 g/mol. The molecule has 3 aromatic rings. The third-order valence-corrected chi connectivity index (χ3v) is 3.81. The molecule has 1 aliphatic rings. The first-order valence-electron chi connectivity index (χ1n) is 6.42. The van der Waals surface area contributed by atoms with Gasteiger partial charge in [-0.3, -0.25) is 0 Å². The molecule has 1 aromatic carbocycles. The lowest BCUT2D eigenvalue weighted by Crippen LogP contribution is -2.14. The summed E-state index contributed by atoms with van der Waals surface area (Å²) in [7, 11) is 0. The maximum atomic E-state index is 6.25. The Balaban J connectivity index is 1.92. The largest absolute Gasteiger partial charge is 0.464 e. The van der Waals surface area contributed by atoms with E-state index in [1.54, 1.807) is 6.26 Å². The predicted molar refractivity (Wildman–Crippen MR) is 75.6 cm³/mol. The van der Waals surface area contributed by atoms with Crippen molar-refractivity contribution in [3.05, 3.63) is 46.9 Å². The van der Waals surface area contributed by atoms with Gasteiger partial charge in [0.25, 0.3) is 0 Å². The van der Waals surface area contributed by atoms with Crippen LogP contribution in [-0.4, -0.2) is 16.6 Å². The third kappa shape index (κ3) is 1.80. The molecular formula is C15H11ClN2O2. The van der Waals surface area contributed by atoms with Crippen LogP contribution in [0.15, 0.2) is 34.9 Å². The summed E-state index contributed by atoms with van der Waals surface area (Å²) in [5.41, 5.74) is 3.56. The zero-order valence-electron chi connectivity index (χ0n) is 10.6. The number of fused-ring (bicyclic) bond motifs is 2. The average Bonchev–Trinajstić information content (AvgIpc) is 2.91. The number of para-hydroxylation sites is 1. The lowest BCUT2D eigenvalue weighted by atomic mass is 10.1. The van der Waals surface area contributed by atoms with Gasteiger partial charge in [-0.25, -0.2) is 9.97 Å². The molecule has 4 rings (SSSR count). The Kier molecular flexibility index (Phi) is 2.72. The maximum Gasteiger partial charge on any atom is 0.165 e. The van der Waals surface area contributed by atoms with E-state index in [4.69, 9.17) is 20.8 Å². The third-order valence-electron chi connectivity index (χ3n) is 3.49. The highest BCUT2D eigenvalue weighted by Gasteiger charge is 2.19. The first kappa shape index (κ1) is 11.9. The predicted octanol–water partition coefficient (Wildman–Crippen LogP) is 3.62. The molecule has 0 saturated heterocycles. The molecule has 20 heavy (non-hydrogen) atoms. The molecule has 0 bridgehead atoms. The molecule has 100 valence electrons. The Morgan fingerprint density at radius 1 is 1.15 bits per heavy atom. The number of rotatable bonds is 1. The van der Waals surface area contributed by atoms with E-state index in [9.17, 15) is 0 Å². The molecule has 0 unspecified atom stereocenters. The Hall–Kier alpha value is -1.91. The minimum Gasteiger partial charge on any atom is -0.464 e. The molecule has 0 atom stereocenters. The van der Waals surface area contributed by atoms with Gasteiger partial charge >= 0.3 is 0 Å². The van der Waals surface area contributed by atoms with Gasteiger partial charge in [0.2, 0.25) is 0 Å². The monoisotopic (exact) mass is 286 g/mol. The molecule has 4 nitrogen and oxygen atoms in total. The smallest absolute Gasteiger partial charge is 0.165 e. The summed E-state index contributed by atoms with van der Waals surface area (Å²) in [5, 5.41) is 1.46. The summed E-state index contributed by atoms with van der Waals surface area (Å²) in [5.74, 6) is 0.612. The van der Waals surface area contributed by atoms with Crippen LogP contribution in [0.25, 0.3) is 22.4 Å².